The standard InChI is InChI=1S/C22H30N2O5/c1-3-4-5-6-7-8-9-10-12-17(2)22(25)29-28-20-15-14-19(24(26)27)18-13-11-16-23-21(18)20/h11,13-17H,3-10,12H2,1-2H3. The van der Waals surface area contributed by atoms with Crippen molar-refractivity contribution < 1.29 is 19.5 Å². The SMILES string of the molecule is CCCCCCCCCCC(C)C(=O)OOc1ccc([N+](=O)[O-])c2cccnc12. The van der Waals surface area contributed by atoms with E-state index in [2.05, 4.69) is 11.9 Å². The van der Waals surface area contributed by atoms with Crippen LogP contribution in [0.3, 0.4) is 0 Å². The van der Waals surface area contributed by atoms with E-state index in [9.17, 15) is 14.9 Å². The number of carbonyl (C=O) groups excluding carboxylic acids is 1. The van der Waals surface area contributed by atoms with Crippen molar-refractivity contribution in [1.29, 1.82) is 0 Å². The molecule has 1 atom stereocenters. The van der Waals surface area contributed by atoms with E-state index in [1.165, 1.54) is 56.9 Å². The third-order valence-electron chi connectivity index (χ3n) is 5.01. The summed E-state index contributed by atoms with van der Waals surface area (Å²) in [7, 11) is 0. The Morgan fingerprint density at radius 3 is 2.48 bits per heavy atom. The number of hydrogen-bond acceptors (Lipinski definition) is 6. The third-order valence-corrected chi connectivity index (χ3v) is 5.01. The fourth-order valence-corrected chi connectivity index (χ4v) is 3.23. The average molecular weight is 402 g/mol. The molecule has 0 aliphatic heterocycles. The molecule has 0 aliphatic rings. The van der Waals surface area contributed by atoms with Gasteiger partial charge in [0.05, 0.1) is 16.2 Å². The van der Waals surface area contributed by atoms with Gasteiger partial charge < -0.3 is 0 Å². The van der Waals surface area contributed by atoms with E-state index in [-0.39, 0.29) is 22.9 Å². The van der Waals surface area contributed by atoms with Gasteiger partial charge >= 0.3 is 5.97 Å². The van der Waals surface area contributed by atoms with E-state index in [4.69, 9.17) is 9.78 Å². The zero-order valence-corrected chi connectivity index (χ0v) is 17.3. The first-order valence-corrected chi connectivity index (χ1v) is 10.4. The summed E-state index contributed by atoms with van der Waals surface area (Å²) in [5.74, 6) is -0.540. The molecule has 1 aromatic carbocycles. The zero-order valence-electron chi connectivity index (χ0n) is 17.3. The van der Waals surface area contributed by atoms with E-state index in [0.717, 1.165) is 19.3 Å². The summed E-state index contributed by atoms with van der Waals surface area (Å²) in [5, 5.41) is 11.5. The molecule has 7 nitrogen and oxygen atoms in total. The van der Waals surface area contributed by atoms with Gasteiger partial charge in [-0.3, -0.25) is 24.9 Å². The van der Waals surface area contributed by atoms with Gasteiger partial charge in [-0.1, -0.05) is 65.2 Å². The molecule has 2 rings (SSSR count). The van der Waals surface area contributed by atoms with Crippen molar-refractivity contribution >= 4 is 22.6 Å². The number of non-ortho nitro benzene ring substituents is 1. The Kier molecular flexibility index (Phi) is 9.34. The van der Waals surface area contributed by atoms with Gasteiger partial charge in [-0.05, 0) is 24.6 Å². The minimum absolute atomic E-state index is 0.0742. The summed E-state index contributed by atoms with van der Waals surface area (Å²) >= 11 is 0. The van der Waals surface area contributed by atoms with Crippen LogP contribution in [0.4, 0.5) is 5.69 Å². The predicted octanol–water partition coefficient (Wildman–Crippen LogP) is 6.15. The molecule has 0 N–H and O–H groups in total. The Bertz CT molecular complexity index is 809. The predicted molar refractivity (Wildman–Crippen MR) is 112 cm³/mol. The lowest BCUT2D eigenvalue weighted by atomic mass is 10.0. The van der Waals surface area contributed by atoms with Crippen LogP contribution in [0.15, 0.2) is 30.5 Å². The number of hydrogen-bond donors (Lipinski definition) is 0. The molecule has 0 saturated heterocycles. The molecule has 1 aromatic heterocycles. The lowest BCUT2D eigenvalue weighted by Crippen LogP contribution is -2.17. The van der Waals surface area contributed by atoms with Gasteiger partial charge in [0.1, 0.15) is 5.52 Å². The van der Waals surface area contributed by atoms with Crippen LogP contribution >= 0.6 is 0 Å². The normalized spacial score (nSPS) is 11.9. The highest BCUT2D eigenvalue weighted by Gasteiger charge is 2.19. The highest BCUT2D eigenvalue weighted by Crippen LogP contribution is 2.31. The first kappa shape index (κ1) is 22.6. The van der Waals surface area contributed by atoms with Crippen LogP contribution in [0.1, 0.15) is 71.6 Å². The summed E-state index contributed by atoms with van der Waals surface area (Å²) in [4.78, 5) is 37.1. The number of benzene rings is 1. The Morgan fingerprint density at radius 1 is 1.10 bits per heavy atom. The van der Waals surface area contributed by atoms with Crippen LogP contribution in [-0.2, 0) is 9.68 Å². The van der Waals surface area contributed by atoms with Crippen molar-refractivity contribution in [1.82, 2.24) is 4.98 Å². The maximum Gasteiger partial charge on any atom is 0.358 e. The second kappa shape index (κ2) is 12.0. The molecular formula is C22H30N2O5. The second-order valence-corrected chi connectivity index (χ2v) is 7.39. The van der Waals surface area contributed by atoms with Gasteiger partial charge in [0, 0.05) is 12.3 Å². The number of nitro groups is 1. The van der Waals surface area contributed by atoms with E-state index < -0.39 is 10.9 Å². The fourth-order valence-electron chi connectivity index (χ4n) is 3.23. The molecule has 0 saturated carbocycles. The first-order chi connectivity index (χ1) is 14.0. The number of rotatable bonds is 13. The Hall–Kier alpha value is -2.70. The Labute approximate surface area is 171 Å². The fraction of sp³-hybridized carbons (Fsp3) is 0.545. The largest absolute Gasteiger partial charge is 0.358 e. The molecule has 29 heavy (non-hydrogen) atoms. The molecular weight excluding hydrogens is 372 g/mol. The van der Waals surface area contributed by atoms with Gasteiger partial charge in [-0.25, -0.2) is 4.79 Å². The van der Waals surface area contributed by atoms with Gasteiger partial charge in [0.2, 0.25) is 5.75 Å². The van der Waals surface area contributed by atoms with Gasteiger partial charge in [0.25, 0.3) is 5.69 Å². The third kappa shape index (κ3) is 7.00. The van der Waals surface area contributed by atoms with E-state index in [1.54, 1.807) is 12.1 Å². The molecule has 0 fully saturated rings. The smallest absolute Gasteiger partial charge is 0.285 e. The van der Waals surface area contributed by atoms with Crippen LogP contribution in [0.2, 0.25) is 0 Å². The number of pyridine rings is 1. The summed E-state index contributed by atoms with van der Waals surface area (Å²) in [6, 6.07) is 5.90. The average Bonchev–Trinajstić information content (AvgIpc) is 2.73. The van der Waals surface area contributed by atoms with Crippen molar-refractivity contribution in [3.05, 3.63) is 40.6 Å². The van der Waals surface area contributed by atoms with Gasteiger partial charge in [-0.2, -0.15) is 0 Å². The minimum Gasteiger partial charge on any atom is -0.285 e. The number of unbranched alkanes of at least 4 members (excludes halogenated alkanes) is 7. The van der Waals surface area contributed by atoms with Crippen molar-refractivity contribution in [3.8, 4) is 5.75 Å². The molecule has 0 amide bonds. The lowest BCUT2D eigenvalue weighted by Gasteiger charge is -2.11. The Morgan fingerprint density at radius 2 is 1.79 bits per heavy atom. The highest BCUT2D eigenvalue weighted by atomic mass is 17.2. The van der Waals surface area contributed by atoms with Crippen LogP contribution in [0, 0.1) is 16.0 Å². The monoisotopic (exact) mass is 402 g/mol. The molecule has 2 aromatic rings. The molecule has 1 heterocycles. The molecule has 7 heteroatoms. The van der Waals surface area contributed by atoms with E-state index in [0.29, 0.717) is 5.39 Å². The van der Waals surface area contributed by atoms with Crippen LogP contribution in [0.5, 0.6) is 5.75 Å². The van der Waals surface area contributed by atoms with Crippen molar-refractivity contribution in [2.24, 2.45) is 5.92 Å². The number of fused-ring (bicyclic) bond motifs is 1. The summed E-state index contributed by atoms with van der Waals surface area (Å²) in [6.45, 7) is 4.03. The maximum absolute atomic E-state index is 12.2. The summed E-state index contributed by atoms with van der Waals surface area (Å²) in [5.41, 5.74) is 0.208. The van der Waals surface area contributed by atoms with Crippen LogP contribution in [0.25, 0.3) is 10.9 Å². The van der Waals surface area contributed by atoms with Crippen LogP contribution < -0.4 is 4.89 Å². The number of carbonyl (C=O) groups is 1. The molecule has 0 aliphatic carbocycles. The van der Waals surface area contributed by atoms with Crippen molar-refractivity contribution in [3.63, 3.8) is 0 Å². The zero-order chi connectivity index (χ0) is 21.1. The van der Waals surface area contributed by atoms with Crippen LogP contribution in [-0.4, -0.2) is 15.9 Å². The highest BCUT2D eigenvalue weighted by molar-refractivity contribution is 5.92. The first-order valence-electron chi connectivity index (χ1n) is 10.4. The summed E-state index contributed by atoms with van der Waals surface area (Å²) < 4.78 is 0. The molecule has 0 bridgehead atoms. The van der Waals surface area contributed by atoms with Gasteiger partial charge in [0.15, 0.2) is 0 Å². The number of aromatic nitrogens is 1. The molecule has 158 valence electrons. The van der Waals surface area contributed by atoms with E-state index >= 15 is 0 Å². The minimum atomic E-state index is -0.480. The van der Waals surface area contributed by atoms with Crippen molar-refractivity contribution in [2.45, 2.75) is 71.6 Å². The number of nitro benzene ring substituents is 1. The summed E-state index contributed by atoms with van der Waals surface area (Å²) in [6.07, 6.45) is 12.0. The molecule has 0 radical (unpaired) electrons. The molecule has 0 spiro atoms. The Balaban J connectivity index is 1.79. The second-order valence-electron chi connectivity index (χ2n) is 7.39. The van der Waals surface area contributed by atoms with Gasteiger partial charge in [-0.15, -0.1) is 0 Å². The topological polar surface area (TPSA) is 91.6 Å². The maximum atomic E-state index is 12.2. The lowest BCUT2D eigenvalue weighted by molar-refractivity contribution is -0.383. The van der Waals surface area contributed by atoms with Crippen molar-refractivity contribution in [2.75, 3.05) is 0 Å². The molecule has 1 unspecified atom stereocenters. The van der Waals surface area contributed by atoms with E-state index in [1.807, 2.05) is 6.92 Å². The number of nitrogens with zero attached hydrogens (tertiary/aromatic N) is 2. The quantitative estimate of drug-likeness (QED) is 0.173.